The average molecular weight is 572 g/mol. The standard InChI is InChI=1S/C32H33N3O7/c1-5-15-41-27-14-13-23(18-28(27)40-6-2)35-31(38)24(30(37)34-32(35)39)17-22-9-7-8-10-26(22)42-19-29(36)33-25-16-20(3)11-12-21(25)4/h7-14,16-18H,5-6,15,19H2,1-4H3,(H,33,36)(H,34,37,39)/b24-17+. The molecule has 0 aromatic heterocycles. The van der Waals surface area contributed by atoms with Crippen LogP contribution in [0.3, 0.4) is 0 Å². The molecule has 2 N–H and O–H groups in total. The molecule has 0 atom stereocenters. The van der Waals surface area contributed by atoms with Crippen molar-refractivity contribution in [3.8, 4) is 17.2 Å². The fraction of sp³-hybridized carbons (Fsp3) is 0.250. The topological polar surface area (TPSA) is 123 Å². The zero-order chi connectivity index (χ0) is 30.2. The van der Waals surface area contributed by atoms with Crippen molar-refractivity contribution >= 4 is 41.2 Å². The molecule has 1 aliphatic heterocycles. The highest BCUT2D eigenvalue weighted by molar-refractivity contribution is 6.39. The first kappa shape index (κ1) is 29.9. The number of anilines is 2. The van der Waals surface area contributed by atoms with E-state index in [2.05, 4.69) is 10.6 Å². The van der Waals surface area contributed by atoms with Gasteiger partial charge >= 0.3 is 6.03 Å². The van der Waals surface area contributed by atoms with Gasteiger partial charge in [0.2, 0.25) is 0 Å². The normalized spacial score (nSPS) is 14.0. The van der Waals surface area contributed by atoms with Crippen LogP contribution in [0.5, 0.6) is 17.2 Å². The van der Waals surface area contributed by atoms with Crippen LogP contribution in [0.15, 0.2) is 66.2 Å². The number of hydrogen-bond acceptors (Lipinski definition) is 7. The van der Waals surface area contributed by atoms with Gasteiger partial charge in [-0.3, -0.25) is 19.7 Å². The van der Waals surface area contributed by atoms with Gasteiger partial charge < -0.3 is 19.5 Å². The molecule has 10 heteroatoms. The maximum Gasteiger partial charge on any atom is 0.335 e. The van der Waals surface area contributed by atoms with Crippen molar-refractivity contribution in [1.82, 2.24) is 5.32 Å². The number of benzene rings is 3. The minimum absolute atomic E-state index is 0.204. The Kier molecular flexibility index (Phi) is 9.59. The lowest BCUT2D eigenvalue weighted by atomic mass is 10.1. The summed E-state index contributed by atoms with van der Waals surface area (Å²) in [6, 6.07) is 16.2. The van der Waals surface area contributed by atoms with Gasteiger partial charge in [0.05, 0.1) is 18.9 Å². The summed E-state index contributed by atoms with van der Waals surface area (Å²) in [5, 5.41) is 5.05. The summed E-state index contributed by atoms with van der Waals surface area (Å²) in [6.07, 6.45) is 2.12. The number of carbonyl (C=O) groups excluding carboxylic acids is 4. The van der Waals surface area contributed by atoms with Crippen molar-refractivity contribution in [2.24, 2.45) is 0 Å². The Bertz CT molecular complexity index is 1550. The van der Waals surface area contributed by atoms with Crippen LogP contribution in [0.1, 0.15) is 37.0 Å². The maximum absolute atomic E-state index is 13.5. The number of para-hydroxylation sites is 1. The molecule has 1 heterocycles. The zero-order valence-corrected chi connectivity index (χ0v) is 24.0. The first-order chi connectivity index (χ1) is 20.2. The molecule has 42 heavy (non-hydrogen) atoms. The second-order valence-electron chi connectivity index (χ2n) is 9.56. The Hall–Kier alpha value is -5.12. The molecule has 10 nitrogen and oxygen atoms in total. The number of carbonyl (C=O) groups is 4. The second kappa shape index (κ2) is 13.5. The van der Waals surface area contributed by atoms with Crippen molar-refractivity contribution in [2.75, 3.05) is 30.0 Å². The smallest absolute Gasteiger partial charge is 0.335 e. The number of nitrogens with one attached hydrogen (secondary N) is 2. The van der Waals surface area contributed by atoms with E-state index >= 15 is 0 Å². The number of imide groups is 2. The molecule has 4 rings (SSSR count). The number of amides is 5. The lowest BCUT2D eigenvalue weighted by Gasteiger charge is -2.27. The Balaban J connectivity index is 1.57. The van der Waals surface area contributed by atoms with Crippen LogP contribution in [0.2, 0.25) is 0 Å². The highest BCUT2D eigenvalue weighted by atomic mass is 16.5. The van der Waals surface area contributed by atoms with Gasteiger partial charge in [0, 0.05) is 17.3 Å². The molecule has 218 valence electrons. The molecule has 0 bridgehead atoms. The molecule has 5 amide bonds. The first-order valence-electron chi connectivity index (χ1n) is 13.6. The second-order valence-corrected chi connectivity index (χ2v) is 9.56. The van der Waals surface area contributed by atoms with Crippen LogP contribution in [0.25, 0.3) is 6.08 Å². The van der Waals surface area contributed by atoms with Gasteiger partial charge in [-0.25, -0.2) is 9.69 Å². The SMILES string of the molecule is CCCOc1ccc(N2C(=O)NC(=O)/C(=C\c3ccccc3OCC(=O)Nc3cc(C)ccc3C)C2=O)cc1OCC. The number of ether oxygens (including phenoxy) is 3. The third kappa shape index (κ3) is 6.95. The quantitative estimate of drug-likeness (QED) is 0.240. The monoisotopic (exact) mass is 571 g/mol. The maximum atomic E-state index is 13.5. The van der Waals surface area contributed by atoms with Gasteiger partial charge in [-0.05, 0) is 68.7 Å². The van der Waals surface area contributed by atoms with Crippen LogP contribution < -0.4 is 29.7 Å². The van der Waals surface area contributed by atoms with Crippen LogP contribution in [0.4, 0.5) is 16.2 Å². The number of rotatable bonds is 11. The fourth-order valence-corrected chi connectivity index (χ4v) is 4.21. The van der Waals surface area contributed by atoms with Gasteiger partial charge in [-0.15, -0.1) is 0 Å². The molecular weight excluding hydrogens is 538 g/mol. The van der Waals surface area contributed by atoms with Gasteiger partial charge in [-0.1, -0.05) is 37.3 Å². The Morgan fingerprint density at radius 1 is 0.905 bits per heavy atom. The van der Waals surface area contributed by atoms with E-state index in [0.717, 1.165) is 22.4 Å². The van der Waals surface area contributed by atoms with E-state index in [1.165, 1.54) is 12.1 Å². The number of aryl methyl sites for hydroxylation is 2. The van der Waals surface area contributed by atoms with Crippen molar-refractivity contribution in [2.45, 2.75) is 34.1 Å². The Morgan fingerprint density at radius 2 is 1.69 bits per heavy atom. The van der Waals surface area contributed by atoms with Crippen molar-refractivity contribution in [3.05, 3.63) is 82.9 Å². The van der Waals surface area contributed by atoms with Gasteiger partial charge in [-0.2, -0.15) is 0 Å². The third-order valence-corrected chi connectivity index (χ3v) is 6.29. The molecule has 3 aromatic rings. The van der Waals surface area contributed by atoms with Gasteiger partial charge in [0.25, 0.3) is 17.7 Å². The van der Waals surface area contributed by atoms with E-state index in [9.17, 15) is 19.2 Å². The summed E-state index contributed by atoms with van der Waals surface area (Å²) >= 11 is 0. The van der Waals surface area contributed by atoms with Crippen molar-refractivity contribution in [3.63, 3.8) is 0 Å². The van der Waals surface area contributed by atoms with Crippen LogP contribution in [-0.4, -0.2) is 43.6 Å². The molecule has 3 aromatic carbocycles. The van der Waals surface area contributed by atoms with Crippen molar-refractivity contribution < 1.29 is 33.4 Å². The van der Waals surface area contributed by atoms with Crippen molar-refractivity contribution in [1.29, 1.82) is 0 Å². The summed E-state index contributed by atoms with van der Waals surface area (Å²) in [4.78, 5) is 52.6. The zero-order valence-electron chi connectivity index (χ0n) is 24.0. The summed E-state index contributed by atoms with van der Waals surface area (Å²) < 4.78 is 17.1. The molecule has 1 aliphatic rings. The molecule has 0 aliphatic carbocycles. The molecule has 0 spiro atoms. The summed E-state index contributed by atoms with van der Waals surface area (Å²) in [6.45, 7) is 8.12. The summed E-state index contributed by atoms with van der Waals surface area (Å²) in [7, 11) is 0. The van der Waals surface area contributed by atoms with E-state index in [-0.39, 0.29) is 29.5 Å². The van der Waals surface area contributed by atoms with Crippen LogP contribution in [0, 0.1) is 13.8 Å². The number of urea groups is 1. The summed E-state index contributed by atoms with van der Waals surface area (Å²) in [5.74, 6) is -0.921. The highest BCUT2D eigenvalue weighted by Gasteiger charge is 2.37. The van der Waals surface area contributed by atoms with Crippen LogP contribution in [-0.2, 0) is 14.4 Å². The minimum atomic E-state index is -0.889. The predicted octanol–water partition coefficient (Wildman–Crippen LogP) is 5.17. The molecule has 1 fully saturated rings. The first-order valence-corrected chi connectivity index (χ1v) is 13.6. The van der Waals surface area contributed by atoms with Gasteiger partial charge in [0.15, 0.2) is 18.1 Å². The number of barbiturate groups is 1. The number of nitrogens with zero attached hydrogens (tertiary/aromatic N) is 1. The largest absolute Gasteiger partial charge is 0.490 e. The molecule has 1 saturated heterocycles. The van der Waals surface area contributed by atoms with E-state index in [0.29, 0.717) is 36.0 Å². The van der Waals surface area contributed by atoms with E-state index in [1.807, 2.05) is 39.0 Å². The number of hydrogen-bond donors (Lipinski definition) is 2. The van der Waals surface area contributed by atoms with Crippen LogP contribution >= 0.6 is 0 Å². The fourth-order valence-electron chi connectivity index (χ4n) is 4.21. The predicted molar refractivity (Wildman–Crippen MR) is 159 cm³/mol. The lowest BCUT2D eigenvalue weighted by molar-refractivity contribution is -0.122. The van der Waals surface area contributed by atoms with E-state index in [1.54, 1.807) is 43.3 Å². The molecule has 0 radical (unpaired) electrons. The van der Waals surface area contributed by atoms with E-state index < -0.39 is 17.8 Å². The Morgan fingerprint density at radius 3 is 2.45 bits per heavy atom. The van der Waals surface area contributed by atoms with Gasteiger partial charge in [0.1, 0.15) is 11.3 Å². The minimum Gasteiger partial charge on any atom is -0.490 e. The third-order valence-electron chi connectivity index (χ3n) is 6.29. The summed E-state index contributed by atoms with van der Waals surface area (Å²) in [5.41, 5.74) is 2.91. The molecule has 0 saturated carbocycles. The lowest BCUT2D eigenvalue weighted by Crippen LogP contribution is -2.54. The molecule has 0 unspecified atom stereocenters. The Labute approximate surface area is 244 Å². The highest BCUT2D eigenvalue weighted by Crippen LogP contribution is 2.34. The molecular formula is C32H33N3O7. The van der Waals surface area contributed by atoms with E-state index in [4.69, 9.17) is 14.2 Å². The average Bonchev–Trinajstić information content (AvgIpc) is 2.96.